The van der Waals surface area contributed by atoms with Crippen molar-refractivity contribution in [3.63, 3.8) is 0 Å². The predicted molar refractivity (Wildman–Crippen MR) is 182 cm³/mol. The van der Waals surface area contributed by atoms with E-state index in [1.54, 1.807) is 0 Å². The lowest BCUT2D eigenvalue weighted by Gasteiger charge is -2.40. The average Bonchev–Trinajstić information content (AvgIpc) is 3.30. The van der Waals surface area contributed by atoms with Crippen LogP contribution < -0.4 is 4.74 Å². The third kappa shape index (κ3) is 10.2. The number of benzene rings is 1. The first-order valence-electron chi connectivity index (χ1n) is 16.6. The molecule has 1 aromatic carbocycles. The van der Waals surface area contributed by atoms with Crippen LogP contribution in [-0.4, -0.2) is 63.4 Å². The summed E-state index contributed by atoms with van der Waals surface area (Å²) in [6.07, 6.45) is 17.7. The molecule has 4 rings (SSSR count). The second-order valence-electron chi connectivity index (χ2n) is 14.4. The number of ether oxygens (including phenoxy) is 5. The quantitative estimate of drug-likeness (QED) is 0.0894. The Morgan fingerprint density at radius 3 is 2.25 bits per heavy atom. The smallest absolute Gasteiger partial charge is 0.192 e. The highest BCUT2D eigenvalue weighted by Gasteiger charge is 2.49. The van der Waals surface area contributed by atoms with Gasteiger partial charge in [0.2, 0.25) is 0 Å². The molecule has 6 nitrogen and oxygen atoms in total. The molecule has 8 heteroatoms. The second-order valence-corrected chi connectivity index (χ2v) is 20.3. The third-order valence-electron chi connectivity index (χ3n) is 9.72. The van der Waals surface area contributed by atoms with E-state index >= 15 is 0 Å². The number of terminal acetylenes is 1. The molecule has 8 atom stereocenters. The molecular formula is C36H55BrO6Si. The maximum Gasteiger partial charge on any atom is 0.192 e. The van der Waals surface area contributed by atoms with Crippen molar-refractivity contribution in [3.8, 4) is 18.1 Å². The predicted octanol–water partition coefficient (Wildman–Crippen LogP) is 8.65. The molecule has 0 radical (unpaired) electrons. The molecule has 2 heterocycles. The molecule has 2 saturated heterocycles. The molecule has 1 aliphatic carbocycles. The summed E-state index contributed by atoms with van der Waals surface area (Å²) in [5, 5.41) is 0.0927. The summed E-state index contributed by atoms with van der Waals surface area (Å²) >= 11 is 3.76. The Balaban J connectivity index is 1.64. The lowest BCUT2D eigenvalue weighted by Crippen LogP contribution is -2.45. The van der Waals surface area contributed by atoms with E-state index in [1.165, 1.54) is 0 Å². The highest BCUT2D eigenvalue weighted by atomic mass is 79.9. The van der Waals surface area contributed by atoms with E-state index in [4.69, 9.17) is 34.5 Å². The van der Waals surface area contributed by atoms with Gasteiger partial charge in [0.1, 0.15) is 18.0 Å². The first-order chi connectivity index (χ1) is 20.9. The molecule has 1 saturated carbocycles. The van der Waals surface area contributed by atoms with Crippen molar-refractivity contribution < 1.29 is 28.1 Å². The van der Waals surface area contributed by atoms with Crippen LogP contribution in [0.1, 0.15) is 79.1 Å². The molecule has 0 bridgehead atoms. The molecule has 0 aromatic heterocycles. The number of rotatable bonds is 13. The van der Waals surface area contributed by atoms with E-state index in [9.17, 15) is 0 Å². The van der Waals surface area contributed by atoms with Gasteiger partial charge in [0.05, 0.1) is 17.0 Å². The van der Waals surface area contributed by atoms with Gasteiger partial charge in [-0.05, 0) is 94.5 Å². The molecule has 246 valence electrons. The Hall–Kier alpha value is -1.18. The van der Waals surface area contributed by atoms with E-state index in [0.717, 1.165) is 70.3 Å². The van der Waals surface area contributed by atoms with Crippen molar-refractivity contribution in [1.82, 2.24) is 0 Å². The standard InChI is InChI=1S/C36H55BrO6Si/c1-8-27(37)24-30-29(31(41-33-18-12-14-22-38-33)25-32(30)43-44(6,7)35(2,3)4)20-21-36(5,42-34-19-13-15-23-39-34)26-40-28-16-10-9-11-17-28/h1,9-11,16-17,20-21,27,29-34H,12-15,18-19,22-26H2,2-7H3/t27-,29?,30?,31?,32?,33?,34?,36?/m1/s1. The minimum atomic E-state index is -2.06. The van der Waals surface area contributed by atoms with Crippen LogP contribution in [0.25, 0.3) is 0 Å². The van der Waals surface area contributed by atoms with Crippen LogP contribution in [0.2, 0.25) is 18.1 Å². The molecule has 3 aliphatic rings. The number of para-hydroxylation sites is 1. The Morgan fingerprint density at radius 2 is 1.66 bits per heavy atom. The third-order valence-corrected chi connectivity index (χ3v) is 14.9. The normalized spacial score (nSPS) is 30.5. The van der Waals surface area contributed by atoms with Gasteiger partial charge in [0.25, 0.3) is 0 Å². The van der Waals surface area contributed by atoms with E-state index in [1.807, 2.05) is 30.3 Å². The zero-order valence-corrected chi connectivity index (χ0v) is 30.4. The monoisotopic (exact) mass is 690 g/mol. The molecule has 7 unspecified atom stereocenters. The summed E-state index contributed by atoms with van der Waals surface area (Å²) in [7, 11) is -2.06. The maximum absolute atomic E-state index is 7.15. The topological polar surface area (TPSA) is 55.4 Å². The zero-order valence-electron chi connectivity index (χ0n) is 27.8. The van der Waals surface area contributed by atoms with Crippen molar-refractivity contribution in [3.05, 3.63) is 42.5 Å². The Morgan fingerprint density at radius 1 is 1.00 bits per heavy atom. The Bertz CT molecular complexity index is 1070. The summed E-state index contributed by atoms with van der Waals surface area (Å²) in [6, 6.07) is 9.90. The van der Waals surface area contributed by atoms with Gasteiger partial charge in [0, 0.05) is 19.1 Å². The lowest BCUT2D eigenvalue weighted by molar-refractivity contribution is -0.212. The summed E-state index contributed by atoms with van der Waals surface area (Å²) in [4.78, 5) is -0.0571. The maximum atomic E-state index is 7.15. The second kappa shape index (κ2) is 16.1. The van der Waals surface area contributed by atoms with Crippen LogP contribution in [0.4, 0.5) is 0 Å². The first kappa shape index (κ1) is 35.7. The minimum absolute atomic E-state index is 0.0296. The van der Waals surface area contributed by atoms with E-state index in [0.29, 0.717) is 6.61 Å². The van der Waals surface area contributed by atoms with E-state index < -0.39 is 13.9 Å². The fourth-order valence-corrected chi connectivity index (χ4v) is 7.91. The zero-order chi connectivity index (χ0) is 31.8. The molecule has 0 spiro atoms. The summed E-state index contributed by atoms with van der Waals surface area (Å²) < 4.78 is 39.0. The minimum Gasteiger partial charge on any atom is -0.490 e. The molecule has 44 heavy (non-hydrogen) atoms. The van der Waals surface area contributed by atoms with Crippen LogP contribution in [0.5, 0.6) is 5.75 Å². The molecule has 2 aliphatic heterocycles. The van der Waals surface area contributed by atoms with Crippen molar-refractivity contribution in [2.24, 2.45) is 11.8 Å². The Labute approximate surface area is 276 Å². The lowest BCUT2D eigenvalue weighted by atomic mass is 9.88. The highest BCUT2D eigenvalue weighted by molar-refractivity contribution is 9.09. The van der Waals surface area contributed by atoms with Crippen molar-refractivity contribution in [1.29, 1.82) is 0 Å². The summed E-state index contributed by atoms with van der Waals surface area (Å²) in [5.41, 5.74) is -0.716. The van der Waals surface area contributed by atoms with Crippen molar-refractivity contribution >= 4 is 24.2 Å². The van der Waals surface area contributed by atoms with Gasteiger partial charge in [-0.2, -0.15) is 0 Å². The fraction of sp³-hybridized carbons (Fsp3) is 0.722. The van der Waals surface area contributed by atoms with Gasteiger partial charge in [-0.1, -0.05) is 73.0 Å². The van der Waals surface area contributed by atoms with Gasteiger partial charge in [-0.15, -0.1) is 6.42 Å². The fourth-order valence-electron chi connectivity index (χ4n) is 6.10. The number of halogens is 1. The number of hydrogen-bond donors (Lipinski definition) is 0. The molecule has 1 aromatic rings. The van der Waals surface area contributed by atoms with Crippen molar-refractivity contribution in [2.45, 2.75) is 132 Å². The van der Waals surface area contributed by atoms with Gasteiger partial charge in [0.15, 0.2) is 20.9 Å². The summed E-state index contributed by atoms with van der Waals surface area (Å²) in [6.45, 7) is 15.5. The Kier molecular flexibility index (Phi) is 13.0. The molecule has 3 fully saturated rings. The van der Waals surface area contributed by atoms with Crippen molar-refractivity contribution in [2.75, 3.05) is 19.8 Å². The van der Waals surface area contributed by atoms with E-state index in [2.05, 4.69) is 74.8 Å². The van der Waals surface area contributed by atoms with E-state index in [-0.39, 0.29) is 46.5 Å². The van der Waals surface area contributed by atoms with Crippen LogP contribution in [-0.2, 0) is 23.4 Å². The van der Waals surface area contributed by atoms with Crippen LogP contribution in [0.3, 0.4) is 0 Å². The van der Waals surface area contributed by atoms with Gasteiger partial charge in [-0.3, -0.25) is 0 Å². The molecular weight excluding hydrogens is 636 g/mol. The number of alkyl halides is 1. The van der Waals surface area contributed by atoms with Crippen LogP contribution >= 0.6 is 15.9 Å². The van der Waals surface area contributed by atoms with Gasteiger partial charge < -0.3 is 28.1 Å². The molecule has 0 N–H and O–H groups in total. The largest absolute Gasteiger partial charge is 0.490 e. The average molecular weight is 692 g/mol. The highest BCUT2D eigenvalue weighted by Crippen LogP contribution is 2.46. The SMILES string of the molecule is C#C[C@@H](Br)CC1C(O[Si](C)(C)C(C)(C)C)CC(OC2CCCCO2)C1C=CC(C)(COc1ccccc1)OC1CCCCO1. The summed E-state index contributed by atoms with van der Waals surface area (Å²) in [5.74, 6) is 3.95. The van der Waals surface area contributed by atoms with Crippen LogP contribution in [0, 0.1) is 24.2 Å². The molecule has 0 amide bonds. The number of hydrogen-bond acceptors (Lipinski definition) is 6. The van der Waals surface area contributed by atoms with Gasteiger partial charge >= 0.3 is 0 Å². The van der Waals surface area contributed by atoms with Gasteiger partial charge in [-0.25, -0.2) is 0 Å². The van der Waals surface area contributed by atoms with Crippen LogP contribution in [0.15, 0.2) is 42.5 Å². The first-order valence-corrected chi connectivity index (χ1v) is 20.4.